The van der Waals surface area contributed by atoms with Crippen LogP contribution in [0, 0.1) is 22.7 Å². The highest BCUT2D eigenvalue weighted by atomic mass is 32.1. The van der Waals surface area contributed by atoms with E-state index >= 15 is 0 Å². The number of anilines is 1. The van der Waals surface area contributed by atoms with E-state index in [0.29, 0.717) is 27.8 Å². The number of rotatable bonds is 6. The van der Waals surface area contributed by atoms with Gasteiger partial charge < -0.3 is 5.32 Å². The lowest BCUT2D eigenvalue weighted by Crippen LogP contribution is -2.28. The van der Waals surface area contributed by atoms with Crippen LogP contribution in [0.5, 0.6) is 0 Å². The first-order chi connectivity index (χ1) is 14.2. The highest BCUT2D eigenvalue weighted by Crippen LogP contribution is 2.45. The number of fused-ring (bicyclic) bond motifs is 1. The molecule has 1 aliphatic rings. The summed E-state index contributed by atoms with van der Waals surface area (Å²) in [5.74, 6) is 0.920. The van der Waals surface area contributed by atoms with Crippen molar-refractivity contribution in [1.82, 2.24) is 0 Å². The molecular formula is C26H32N2OS. The summed E-state index contributed by atoms with van der Waals surface area (Å²) in [7, 11) is 0. The van der Waals surface area contributed by atoms with Gasteiger partial charge in [0, 0.05) is 11.0 Å². The summed E-state index contributed by atoms with van der Waals surface area (Å²) in [6.45, 7) is 11.2. The van der Waals surface area contributed by atoms with Crippen LogP contribution in [0.4, 0.5) is 5.00 Å². The van der Waals surface area contributed by atoms with Gasteiger partial charge in [0.05, 0.1) is 5.56 Å². The van der Waals surface area contributed by atoms with Gasteiger partial charge in [-0.15, -0.1) is 11.3 Å². The Bertz CT molecular complexity index is 974. The molecule has 2 aromatic rings. The summed E-state index contributed by atoms with van der Waals surface area (Å²) >= 11 is 1.58. The Hall–Kier alpha value is -2.38. The van der Waals surface area contributed by atoms with E-state index in [1.54, 1.807) is 17.4 Å². The van der Waals surface area contributed by atoms with Gasteiger partial charge in [0.25, 0.3) is 0 Å². The summed E-state index contributed by atoms with van der Waals surface area (Å²) in [6, 6.07) is 10.6. The van der Waals surface area contributed by atoms with Gasteiger partial charge >= 0.3 is 0 Å². The van der Waals surface area contributed by atoms with E-state index in [2.05, 4.69) is 58.1 Å². The smallest absolute Gasteiger partial charge is 0.249 e. The largest absolute Gasteiger partial charge is 0.313 e. The second kappa shape index (κ2) is 9.18. The third kappa shape index (κ3) is 4.84. The van der Waals surface area contributed by atoms with E-state index in [1.807, 2.05) is 18.2 Å². The molecule has 0 saturated heterocycles. The molecule has 1 aliphatic carbocycles. The molecule has 0 spiro atoms. The fourth-order valence-electron chi connectivity index (χ4n) is 4.07. The maximum Gasteiger partial charge on any atom is 0.249 e. The molecule has 3 rings (SSSR count). The van der Waals surface area contributed by atoms with Crippen molar-refractivity contribution in [3.05, 3.63) is 57.5 Å². The average Bonchev–Trinajstić information content (AvgIpc) is 3.08. The zero-order valence-corrected chi connectivity index (χ0v) is 19.5. The minimum absolute atomic E-state index is 0.191. The highest BCUT2D eigenvalue weighted by molar-refractivity contribution is 7.16. The standard InChI is InChI=1S/C26H32N2OS/c1-6-26(4,5)20-12-13-21-22(16-27)25(30-23(21)15-20)28-24(29)14-9-18-7-10-19(11-8-18)17(2)3/h7-11,14,17,20H,6,12-13,15H2,1-5H3,(H,28,29). The van der Waals surface area contributed by atoms with Crippen LogP contribution >= 0.6 is 11.3 Å². The Morgan fingerprint density at radius 2 is 2.03 bits per heavy atom. The summed E-state index contributed by atoms with van der Waals surface area (Å²) in [6.07, 6.45) is 7.56. The van der Waals surface area contributed by atoms with Gasteiger partial charge in [-0.2, -0.15) is 5.26 Å². The lowest BCUT2D eigenvalue weighted by Gasteiger charge is -2.36. The van der Waals surface area contributed by atoms with Crippen molar-refractivity contribution in [1.29, 1.82) is 5.26 Å². The number of carbonyl (C=O) groups is 1. The zero-order chi connectivity index (χ0) is 21.9. The van der Waals surface area contributed by atoms with E-state index in [4.69, 9.17) is 0 Å². The Labute approximate surface area is 184 Å². The van der Waals surface area contributed by atoms with Gasteiger partial charge in [-0.3, -0.25) is 4.79 Å². The van der Waals surface area contributed by atoms with E-state index < -0.39 is 0 Å². The number of nitriles is 1. The molecule has 0 aliphatic heterocycles. The molecule has 1 aromatic carbocycles. The minimum Gasteiger partial charge on any atom is -0.313 e. The number of nitrogens with one attached hydrogen (secondary N) is 1. The molecule has 1 atom stereocenters. The first-order valence-corrected chi connectivity index (χ1v) is 11.7. The summed E-state index contributed by atoms with van der Waals surface area (Å²) in [4.78, 5) is 13.8. The van der Waals surface area contributed by atoms with Crippen LogP contribution in [-0.4, -0.2) is 5.91 Å². The summed E-state index contributed by atoms with van der Waals surface area (Å²) in [5.41, 5.74) is 4.38. The molecule has 1 heterocycles. The molecule has 0 radical (unpaired) electrons. The Kier molecular flexibility index (Phi) is 6.83. The molecule has 1 unspecified atom stereocenters. The van der Waals surface area contributed by atoms with Crippen LogP contribution in [0.2, 0.25) is 0 Å². The van der Waals surface area contributed by atoms with E-state index in [1.165, 1.54) is 10.4 Å². The number of carbonyl (C=O) groups excluding carboxylic acids is 1. The van der Waals surface area contributed by atoms with Crippen molar-refractivity contribution in [2.24, 2.45) is 11.3 Å². The highest BCUT2D eigenvalue weighted by Gasteiger charge is 2.33. The van der Waals surface area contributed by atoms with Gasteiger partial charge in [0.2, 0.25) is 5.91 Å². The van der Waals surface area contributed by atoms with Crippen LogP contribution in [-0.2, 0) is 17.6 Å². The van der Waals surface area contributed by atoms with Crippen LogP contribution in [0.15, 0.2) is 30.3 Å². The Balaban J connectivity index is 1.72. The molecule has 4 heteroatoms. The third-order valence-electron chi connectivity index (χ3n) is 6.66. The van der Waals surface area contributed by atoms with Crippen LogP contribution in [0.3, 0.4) is 0 Å². The lowest BCUT2D eigenvalue weighted by molar-refractivity contribution is -0.111. The zero-order valence-electron chi connectivity index (χ0n) is 18.7. The number of hydrogen-bond acceptors (Lipinski definition) is 3. The van der Waals surface area contributed by atoms with E-state index in [0.717, 1.165) is 36.8 Å². The summed E-state index contributed by atoms with van der Waals surface area (Å²) < 4.78 is 0. The average molecular weight is 421 g/mol. The third-order valence-corrected chi connectivity index (χ3v) is 7.83. The van der Waals surface area contributed by atoms with Crippen LogP contribution in [0.25, 0.3) is 6.08 Å². The lowest BCUT2D eigenvalue weighted by atomic mass is 9.69. The summed E-state index contributed by atoms with van der Waals surface area (Å²) in [5, 5.41) is 13.4. The van der Waals surface area contributed by atoms with Crippen molar-refractivity contribution in [3.8, 4) is 6.07 Å². The fraction of sp³-hybridized carbons (Fsp3) is 0.462. The minimum atomic E-state index is -0.191. The molecule has 30 heavy (non-hydrogen) atoms. The SMILES string of the molecule is CCC(C)(C)C1CCc2c(sc(NC(=O)C=Cc3ccc(C(C)C)cc3)c2C#N)C1. The first kappa shape index (κ1) is 22.3. The van der Waals surface area contributed by atoms with Crippen molar-refractivity contribution in [2.45, 2.75) is 66.2 Å². The van der Waals surface area contributed by atoms with E-state index in [9.17, 15) is 10.1 Å². The predicted octanol–water partition coefficient (Wildman–Crippen LogP) is 6.94. The maximum atomic E-state index is 12.5. The Morgan fingerprint density at radius 1 is 1.33 bits per heavy atom. The van der Waals surface area contributed by atoms with Gasteiger partial charge in [0.1, 0.15) is 11.1 Å². The van der Waals surface area contributed by atoms with Gasteiger partial charge in [0.15, 0.2) is 0 Å². The normalized spacial score (nSPS) is 16.5. The first-order valence-electron chi connectivity index (χ1n) is 10.9. The van der Waals surface area contributed by atoms with Crippen molar-refractivity contribution in [3.63, 3.8) is 0 Å². The molecule has 0 fully saturated rings. The van der Waals surface area contributed by atoms with E-state index in [-0.39, 0.29) is 5.91 Å². The number of amides is 1. The molecule has 1 amide bonds. The predicted molar refractivity (Wildman–Crippen MR) is 127 cm³/mol. The van der Waals surface area contributed by atoms with Crippen molar-refractivity contribution < 1.29 is 4.79 Å². The second-order valence-electron chi connectivity index (χ2n) is 9.25. The Morgan fingerprint density at radius 3 is 2.63 bits per heavy atom. The second-order valence-corrected chi connectivity index (χ2v) is 10.4. The maximum absolute atomic E-state index is 12.5. The molecule has 3 nitrogen and oxygen atoms in total. The molecular weight excluding hydrogens is 388 g/mol. The monoisotopic (exact) mass is 420 g/mol. The molecule has 1 N–H and O–H groups in total. The quantitative estimate of drug-likeness (QED) is 0.515. The topological polar surface area (TPSA) is 52.9 Å². The molecule has 158 valence electrons. The van der Waals surface area contributed by atoms with Gasteiger partial charge in [-0.25, -0.2) is 0 Å². The molecule has 1 aromatic heterocycles. The number of nitrogens with zero attached hydrogens (tertiary/aromatic N) is 1. The van der Waals surface area contributed by atoms with Crippen LogP contribution in [0.1, 0.15) is 80.5 Å². The fourth-order valence-corrected chi connectivity index (χ4v) is 5.35. The van der Waals surface area contributed by atoms with Gasteiger partial charge in [-0.1, -0.05) is 65.3 Å². The van der Waals surface area contributed by atoms with Crippen LogP contribution < -0.4 is 5.32 Å². The molecule has 0 saturated carbocycles. The van der Waals surface area contributed by atoms with Crippen molar-refractivity contribution in [2.75, 3.05) is 5.32 Å². The number of thiophene rings is 1. The number of benzene rings is 1. The van der Waals surface area contributed by atoms with Gasteiger partial charge in [-0.05, 0) is 59.3 Å². The molecule has 0 bridgehead atoms. The van der Waals surface area contributed by atoms with Crippen molar-refractivity contribution >= 4 is 28.3 Å². The number of hydrogen-bond donors (Lipinski definition) is 1.